The van der Waals surface area contributed by atoms with E-state index in [1.165, 1.54) is 28.1 Å². The second kappa shape index (κ2) is 7.87. The number of rotatable bonds is 5. The SMILES string of the molecule is O=C(Cn1cnc2c(nnn2Cc2ccccc2F)c1=O)NC1CCCCC1. The zero-order chi connectivity index (χ0) is 19.5. The van der Waals surface area contributed by atoms with E-state index in [-0.39, 0.29) is 42.0 Å². The number of benzene rings is 1. The molecule has 0 radical (unpaired) electrons. The Bertz CT molecular complexity index is 1050. The quantitative estimate of drug-likeness (QED) is 0.721. The molecule has 1 saturated carbocycles. The molecule has 0 atom stereocenters. The summed E-state index contributed by atoms with van der Waals surface area (Å²) in [5.41, 5.74) is 0.303. The fourth-order valence-electron chi connectivity index (χ4n) is 3.57. The molecule has 1 aliphatic rings. The predicted molar refractivity (Wildman–Crippen MR) is 100 cm³/mol. The standard InChI is InChI=1S/C19H21FN6O2/c20-15-9-5-4-6-13(15)10-26-18-17(23-24-26)19(28)25(12-21-18)11-16(27)22-14-7-2-1-3-8-14/h4-6,9,12,14H,1-3,7-8,10-11H2,(H,22,27). The van der Waals surface area contributed by atoms with Crippen molar-refractivity contribution < 1.29 is 9.18 Å². The highest BCUT2D eigenvalue weighted by atomic mass is 19.1. The van der Waals surface area contributed by atoms with Gasteiger partial charge in [-0.1, -0.05) is 42.7 Å². The highest BCUT2D eigenvalue weighted by Crippen LogP contribution is 2.17. The number of hydrogen-bond acceptors (Lipinski definition) is 5. The first-order valence-corrected chi connectivity index (χ1v) is 9.43. The summed E-state index contributed by atoms with van der Waals surface area (Å²) in [6.07, 6.45) is 6.69. The molecule has 0 unspecified atom stereocenters. The molecule has 8 nitrogen and oxygen atoms in total. The van der Waals surface area contributed by atoms with Gasteiger partial charge in [0.25, 0.3) is 5.56 Å². The number of nitrogens with zero attached hydrogens (tertiary/aromatic N) is 5. The lowest BCUT2D eigenvalue weighted by atomic mass is 9.95. The van der Waals surface area contributed by atoms with Crippen LogP contribution in [0.25, 0.3) is 11.2 Å². The van der Waals surface area contributed by atoms with Gasteiger partial charge in [0.1, 0.15) is 18.7 Å². The fraction of sp³-hybridized carbons (Fsp3) is 0.421. The Morgan fingerprint density at radius 1 is 1.21 bits per heavy atom. The fourth-order valence-corrected chi connectivity index (χ4v) is 3.57. The second-order valence-electron chi connectivity index (χ2n) is 7.09. The van der Waals surface area contributed by atoms with Crippen molar-refractivity contribution in [1.29, 1.82) is 0 Å². The third-order valence-corrected chi connectivity index (χ3v) is 5.05. The Morgan fingerprint density at radius 3 is 2.79 bits per heavy atom. The van der Waals surface area contributed by atoms with Gasteiger partial charge < -0.3 is 5.32 Å². The Balaban J connectivity index is 1.52. The van der Waals surface area contributed by atoms with Crippen LogP contribution in [0.5, 0.6) is 0 Å². The van der Waals surface area contributed by atoms with Gasteiger partial charge in [-0.2, -0.15) is 0 Å². The van der Waals surface area contributed by atoms with Crippen molar-refractivity contribution in [2.45, 2.75) is 51.2 Å². The molecule has 2 aromatic heterocycles. The van der Waals surface area contributed by atoms with Crippen molar-refractivity contribution in [2.75, 3.05) is 0 Å². The lowest BCUT2D eigenvalue weighted by molar-refractivity contribution is -0.122. The molecule has 4 rings (SSSR count). The normalized spacial score (nSPS) is 15.0. The largest absolute Gasteiger partial charge is 0.352 e. The van der Waals surface area contributed by atoms with Crippen molar-refractivity contribution in [3.05, 3.63) is 52.3 Å². The molecule has 1 aromatic carbocycles. The van der Waals surface area contributed by atoms with Crippen LogP contribution in [-0.2, 0) is 17.9 Å². The smallest absolute Gasteiger partial charge is 0.283 e. The van der Waals surface area contributed by atoms with Crippen molar-refractivity contribution in [1.82, 2.24) is 29.9 Å². The van der Waals surface area contributed by atoms with Crippen LogP contribution in [0.15, 0.2) is 35.4 Å². The van der Waals surface area contributed by atoms with Gasteiger partial charge in [-0.15, -0.1) is 5.10 Å². The molecule has 3 aromatic rings. The zero-order valence-corrected chi connectivity index (χ0v) is 15.3. The Kier molecular flexibility index (Phi) is 5.14. The molecule has 28 heavy (non-hydrogen) atoms. The molecular formula is C19H21FN6O2. The number of amides is 1. The van der Waals surface area contributed by atoms with Gasteiger partial charge in [0, 0.05) is 11.6 Å². The third-order valence-electron chi connectivity index (χ3n) is 5.05. The number of carbonyl (C=O) groups is 1. The lowest BCUT2D eigenvalue weighted by Gasteiger charge is -2.22. The highest BCUT2D eigenvalue weighted by Gasteiger charge is 2.18. The number of carbonyl (C=O) groups excluding carboxylic acids is 1. The van der Waals surface area contributed by atoms with E-state index in [2.05, 4.69) is 20.6 Å². The van der Waals surface area contributed by atoms with Gasteiger partial charge >= 0.3 is 0 Å². The molecule has 1 fully saturated rings. The molecular weight excluding hydrogens is 363 g/mol. The van der Waals surface area contributed by atoms with Crippen molar-refractivity contribution in [3.63, 3.8) is 0 Å². The van der Waals surface area contributed by atoms with Crippen LogP contribution >= 0.6 is 0 Å². The van der Waals surface area contributed by atoms with E-state index in [1.807, 2.05) is 0 Å². The zero-order valence-electron chi connectivity index (χ0n) is 15.3. The van der Waals surface area contributed by atoms with E-state index in [4.69, 9.17) is 0 Å². The molecule has 0 spiro atoms. The molecule has 9 heteroatoms. The summed E-state index contributed by atoms with van der Waals surface area (Å²) in [6.45, 7) is 0.000238. The Hall–Kier alpha value is -3.10. The average molecular weight is 384 g/mol. The molecule has 0 bridgehead atoms. The maximum Gasteiger partial charge on any atom is 0.283 e. The minimum atomic E-state index is -0.441. The van der Waals surface area contributed by atoms with Crippen LogP contribution in [0.2, 0.25) is 0 Å². The topological polar surface area (TPSA) is 94.7 Å². The van der Waals surface area contributed by atoms with E-state index in [0.717, 1.165) is 25.7 Å². The highest BCUT2D eigenvalue weighted by molar-refractivity contribution is 5.76. The minimum Gasteiger partial charge on any atom is -0.352 e. The van der Waals surface area contributed by atoms with Gasteiger partial charge in [0.05, 0.1) is 6.54 Å². The molecule has 0 saturated heterocycles. The summed E-state index contributed by atoms with van der Waals surface area (Å²) in [5.74, 6) is -0.576. The number of fused-ring (bicyclic) bond motifs is 1. The molecule has 1 aliphatic carbocycles. The van der Waals surface area contributed by atoms with Gasteiger partial charge in [-0.05, 0) is 18.9 Å². The van der Waals surface area contributed by atoms with Gasteiger partial charge in [-0.25, -0.2) is 14.1 Å². The number of halogens is 1. The van der Waals surface area contributed by atoms with Crippen molar-refractivity contribution >= 4 is 17.1 Å². The van der Waals surface area contributed by atoms with Crippen LogP contribution in [0, 0.1) is 5.82 Å². The third kappa shape index (κ3) is 3.78. The number of nitrogens with one attached hydrogen (secondary N) is 1. The summed E-state index contributed by atoms with van der Waals surface area (Å²) >= 11 is 0. The summed E-state index contributed by atoms with van der Waals surface area (Å²) in [7, 11) is 0. The van der Waals surface area contributed by atoms with Gasteiger partial charge in [0.15, 0.2) is 11.2 Å². The first kappa shape index (κ1) is 18.3. The van der Waals surface area contributed by atoms with Gasteiger partial charge in [0.2, 0.25) is 5.91 Å². The van der Waals surface area contributed by atoms with Crippen molar-refractivity contribution in [3.8, 4) is 0 Å². The molecule has 146 valence electrons. The van der Waals surface area contributed by atoms with Crippen molar-refractivity contribution in [2.24, 2.45) is 0 Å². The maximum atomic E-state index is 13.9. The minimum absolute atomic E-state index is 0.0595. The average Bonchev–Trinajstić information content (AvgIpc) is 3.10. The monoisotopic (exact) mass is 384 g/mol. The van der Waals surface area contributed by atoms with Crippen LogP contribution < -0.4 is 10.9 Å². The molecule has 1 N–H and O–H groups in total. The summed E-state index contributed by atoms with van der Waals surface area (Å²) in [5, 5.41) is 10.8. The summed E-state index contributed by atoms with van der Waals surface area (Å²) in [6, 6.07) is 6.51. The summed E-state index contributed by atoms with van der Waals surface area (Å²) < 4.78 is 16.5. The van der Waals surface area contributed by atoms with E-state index >= 15 is 0 Å². The second-order valence-corrected chi connectivity index (χ2v) is 7.09. The van der Waals surface area contributed by atoms with E-state index in [0.29, 0.717) is 5.56 Å². The number of aromatic nitrogens is 5. The lowest BCUT2D eigenvalue weighted by Crippen LogP contribution is -2.39. The van der Waals surface area contributed by atoms with Gasteiger partial charge in [-0.3, -0.25) is 14.2 Å². The molecule has 2 heterocycles. The predicted octanol–water partition coefficient (Wildman–Crippen LogP) is 1.62. The molecule has 0 aliphatic heterocycles. The molecule has 1 amide bonds. The van der Waals surface area contributed by atoms with E-state index < -0.39 is 5.56 Å². The van der Waals surface area contributed by atoms with E-state index in [9.17, 15) is 14.0 Å². The van der Waals surface area contributed by atoms with E-state index in [1.54, 1.807) is 18.2 Å². The Morgan fingerprint density at radius 2 is 2.00 bits per heavy atom. The Labute approximate surface area is 160 Å². The first-order chi connectivity index (χ1) is 13.6. The van der Waals surface area contributed by atoms with Crippen LogP contribution in [0.1, 0.15) is 37.7 Å². The van der Waals surface area contributed by atoms with Crippen LogP contribution in [0.4, 0.5) is 4.39 Å². The van der Waals surface area contributed by atoms with Crippen LogP contribution in [-0.4, -0.2) is 36.5 Å². The van der Waals surface area contributed by atoms with Crippen LogP contribution in [0.3, 0.4) is 0 Å². The maximum absolute atomic E-state index is 13.9. The number of hydrogen-bond donors (Lipinski definition) is 1. The summed E-state index contributed by atoms with van der Waals surface area (Å²) in [4.78, 5) is 29.1. The first-order valence-electron chi connectivity index (χ1n) is 9.43.